The highest BCUT2D eigenvalue weighted by molar-refractivity contribution is 5.91. The number of carbonyl (C=O) groups is 1. The van der Waals surface area contributed by atoms with Gasteiger partial charge in [0, 0.05) is 24.0 Å². The van der Waals surface area contributed by atoms with Crippen LogP contribution in [0.25, 0.3) is 0 Å². The molecule has 0 aliphatic heterocycles. The molecule has 0 saturated carbocycles. The van der Waals surface area contributed by atoms with Crippen molar-refractivity contribution in [1.82, 2.24) is 19.7 Å². The van der Waals surface area contributed by atoms with E-state index in [0.717, 1.165) is 22.5 Å². The summed E-state index contributed by atoms with van der Waals surface area (Å²) in [5, 5.41) is 16.3. The van der Waals surface area contributed by atoms with Gasteiger partial charge in [0.25, 0.3) is 0 Å². The number of aliphatic hydroxyl groups excluding tert-OH is 1. The van der Waals surface area contributed by atoms with Crippen LogP contribution in [0.2, 0.25) is 0 Å². The van der Waals surface area contributed by atoms with Gasteiger partial charge in [0.1, 0.15) is 5.82 Å². The monoisotopic (exact) mass is 331 g/mol. The quantitative estimate of drug-likeness (QED) is 0.798. The Labute approximate surface area is 142 Å². The van der Waals surface area contributed by atoms with Gasteiger partial charge in [-0.15, -0.1) is 0 Å². The highest BCUT2D eigenvalue weighted by Gasteiger charge is 2.15. The van der Waals surface area contributed by atoms with Crippen molar-refractivity contribution in [3.8, 4) is 0 Å². The van der Waals surface area contributed by atoms with E-state index in [2.05, 4.69) is 15.4 Å². The standard InChI is InChI=1S/C17H25N5O2/c1-12-5-6-16(18-9-12)19-17(24)11-21(4)10-15-13(2)20-22(7-8-23)14(15)3/h5-6,9,23H,7-8,10-11H2,1-4H3,(H,18,19,24). The molecule has 2 aromatic heterocycles. The number of likely N-dealkylation sites (N-methyl/N-ethyl adjacent to an activating group) is 1. The van der Waals surface area contributed by atoms with Crippen LogP contribution in [0.3, 0.4) is 0 Å². The summed E-state index contributed by atoms with van der Waals surface area (Å²) >= 11 is 0. The van der Waals surface area contributed by atoms with Crippen LogP contribution in [-0.4, -0.2) is 50.9 Å². The van der Waals surface area contributed by atoms with E-state index in [1.165, 1.54) is 0 Å². The predicted molar refractivity (Wildman–Crippen MR) is 92.7 cm³/mol. The lowest BCUT2D eigenvalue weighted by Gasteiger charge is -2.16. The summed E-state index contributed by atoms with van der Waals surface area (Å²) in [5.74, 6) is 0.453. The number of anilines is 1. The second kappa shape index (κ2) is 8.03. The molecule has 2 N–H and O–H groups in total. The Balaban J connectivity index is 1.94. The van der Waals surface area contributed by atoms with Crippen molar-refractivity contribution >= 4 is 11.7 Å². The fourth-order valence-electron chi connectivity index (χ4n) is 2.57. The molecule has 0 aliphatic carbocycles. The SMILES string of the molecule is Cc1ccc(NC(=O)CN(C)Cc2c(C)nn(CCO)c2C)nc1. The topological polar surface area (TPSA) is 83.3 Å². The first-order valence-corrected chi connectivity index (χ1v) is 7.95. The zero-order valence-electron chi connectivity index (χ0n) is 14.7. The van der Waals surface area contributed by atoms with Crippen molar-refractivity contribution in [2.75, 3.05) is 25.5 Å². The number of rotatable bonds is 7. The average Bonchev–Trinajstić information content (AvgIpc) is 2.77. The van der Waals surface area contributed by atoms with Gasteiger partial charge in [-0.3, -0.25) is 14.4 Å². The third-order valence-corrected chi connectivity index (χ3v) is 3.86. The van der Waals surface area contributed by atoms with Crippen molar-refractivity contribution in [1.29, 1.82) is 0 Å². The molecule has 0 fully saturated rings. The minimum Gasteiger partial charge on any atom is -0.394 e. The van der Waals surface area contributed by atoms with Crippen LogP contribution >= 0.6 is 0 Å². The van der Waals surface area contributed by atoms with Crippen molar-refractivity contribution in [2.45, 2.75) is 33.9 Å². The molecule has 1 amide bonds. The van der Waals surface area contributed by atoms with Crippen LogP contribution in [0, 0.1) is 20.8 Å². The molecular formula is C17H25N5O2. The zero-order valence-corrected chi connectivity index (χ0v) is 14.7. The number of hydrogen-bond donors (Lipinski definition) is 2. The highest BCUT2D eigenvalue weighted by Crippen LogP contribution is 2.15. The Hall–Kier alpha value is -2.25. The molecule has 2 aromatic rings. The van der Waals surface area contributed by atoms with E-state index in [1.54, 1.807) is 16.9 Å². The molecule has 0 radical (unpaired) electrons. The van der Waals surface area contributed by atoms with Crippen molar-refractivity contribution in [2.24, 2.45) is 0 Å². The number of nitrogens with one attached hydrogen (secondary N) is 1. The van der Waals surface area contributed by atoms with Crippen LogP contribution in [0.15, 0.2) is 18.3 Å². The summed E-state index contributed by atoms with van der Waals surface area (Å²) in [6.45, 7) is 7.31. The molecule has 0 spiro atoms. The number of nitrogens with zero attached hydrogens (tertiary/aromatic N) is 4. The largest absolute Gasteiger partial charge is 0.394 e. The number of amides is 1. The first-order chi connectivity index (χ1) is 11.4. The van der Waals surface area contributed by atoms with Gasteiger partial charge < -0.3 is 10.4 Å². The summed E-state index contributed by atoms with van der Waals surface area (Å²) in [5.41, 5.74) is 4.09. The van der Waals surface area contributed by atoms with Crippen LogP contribution in [0.5, 0.6) is 0 Å². The first kappa shape index (κ1) is 18.1. The maximum Gasteiger partial charge on any atom is 0.239 e. The Morgan fingerprint density at radius 3 is 2.71 bits per heavy atom. The van der Waals surface area contributed by atoms with Crippen molar-refractivity contribution in [3.05, 3.63) is 40.8 Å². The van der Waals surface area contributed by atoms with E-state index in [0.29, 0.717) is 18.9 Å². The minimum absolute atomic E-state index is 0.0587. The molecule has 0 unspecified atom stereocenters. The van der Waals surface area contributed by atoms with Crippen LogP contribution in [0.1, 0.15) is 22.5 Å². The van der Waals surface area contributed by atoms with Gasteiger partial charge in [-0.2, -0.15) is 5.10 Å². The summed E-state index contributed by atoms with van der Waals surface area (Å²) < 4.78 is 1.80. The molecule has 7 nitrogen and oxygen atoms in total. The van der Waals surface area contributed by atoms with Crippen LogP contribution < -0.4 is 5.32 Å². The zero-order chi connectivity index (χ0) is 17.7. The van der Waals surface area contributed by atoms with Gasteiger partial charge in [0.2, 0.25) is 5.91 Å². The van der Waals surface area contributed by atoms with E-state index in [-0.39, 0.29) is 19.1 Å². The lowest BCUT2D eigenvalue weighted by Crippen LogP contribution is -2.30. The number of aromatic nitrogens is 3. The van der Waals surface area contributed by atoms with Gasteiger partial charge in [0.05, 0.1) is 25.4 Å². The molecule has 24 heavy (non-hydrogen) atoms. The van der Waals surface area contributed by atoms with Crippen molar-refractivity contribution < 1.29 is 9.90 Å². The number of aryl methyl sites for hydroxylation is 2. The Morgan fingerprint density at radius 2 is 2.08 bits per heavy atom. The van der Waals surface area contributed by atoms with Crippen LogP contribution in [-0.2, 0) is 17.9 Å². The molecule has 2 heterocycles. The summed E-state index contributed by atoms with van der Waals surface area (Å²) in [6, 6.07) is 3.70. The normalized spacial score (nSPS) is 11.1. The lowest BCUT2D eigenvalue weighted by atomic mass is 10.2. The molecule has 2 rings (SSSR count). The maximum absolute atomic E-state index is 12.1. The van der Waals surface area contributed by atoms with E-state index in [9.17, 15) is 4.79 Å². The number of carbonyl (C=O) groups excluding carboxylic acids is 1. The van der Waals surface area contributed by atoms with Gasteiger partial charge in [-0.05, 0) is 39.4 Å². The van der Waals surface area contributed by atoms with E-state index >= 15 is 0 Å². The molecule has 0 bridgehead atoms. The smallest absolute Gasteiger partial charge is 0.239 e. The molecular weight excluding hydrogens is 306 g/mol. The van der Waals surface area contributed by atoms with E-state index < -0.39 is 0 Å². The third kappa shape index (κ3) is 4.62. The molecule has 130 valence electrons. The van der Waals surface area contributed by atoms with Gasteiger partial charge in [-0.1, -0.05) is 6.07 Å². The number of hydrogen-bond acceptors (Lipinski definition) is 5. The van der Waals surface area contributed by atoms with Gasteiger partial charge >= 0.3 is 0 Å². The Bertz CT molecular complexity index is 694. The summed E-state index contributed by atoms with van der Waals surface area (Å²) in [6.07, 6.45) is 1.72. The second-order valence-corrected chi connectivity index (χ2v) is 6.04. The molecule has 0 saturated heterocycles. The fourth-order valence-corrected chi connectivity index (χ4v) is 2.57. The maximum atomic E-state index is 12.1. The second-order valence-electron chi connectivity index (χ2n) is 6.04. The van der Waals surface area contributed by atoms with E-state index in [4.69, 9.17) is 5.11 Å². The summed E-state index contributed by atoms with van der Waals surface area (Å²) in [4.78, 5) is 18.2. The Kier molecular flexibility index (Phi) is 6.05. The molecule has 7 heteroatoms. The van der Waals surface area contributed by atoms with E-state index in [1.807, 2.05) is 38.8 Å². The number of pyridine rings is 1. The molecule has 0 aromatic carbocycles. The minimum atomic E-state index is -0.105. The highest BCUT2D eigenvalue weighted by atomic mass is 16.3. The third-order valence-electron chi connectivity index (χ3n) is 3.86. The molecule has 0 atom stereocenters. The number of aliphatic hydroxyl groups is 1. The Morgan fingerprint density at radius 1 is 1.33 bits per heavy atom. The molecule has 0 aliphatic rings. The fraction of sp³-hybridized carbons (Fsp3) is 0.471. The average molecular weight is 331 g/mol. The lowest BCUT2D eigenvalue weighted by molar-refractivity contribution is -0.117. The van der Waals surface area contributed by atoms with Crippen molar-refractivity contribution in [3.63, 3.8) is 0 Å². The first-order valence-electron chi connectivity index (χ1n) is 7.95. The van der Waals surface area contributed by atoms with Gasteiger partial charge in [0.15, 0.2) is 0 Å². The van der Waals surface area contributed by atoms with Gasteiger partial charge in [-0.25, -0.2) is 4.98 Å². The summed E-state index contributed by atoms with van der Waals surface area (Å²) in [7, 11) is 1.89. The predicted octanol–water partition coefficient (Wildman–Crippen LogP) is 1.27. The van der Waals surface area contributed by atoms with Crippen LogP contribution in [0.4, 0.5) is 5.82 Å².